The number of amides is 1. The standard InChI is InChI=1S/C21H33N3O3S/c1-16-8-4-6-12-23(16)13-7-5-11-22-21(25)18-9-10-20-19(15-18)14-17(2)24(20)28(3,26)27/h9-10,15-17H,4-8,11-14H2,1-3H3,(H,22,25). The lowest BCUT2D eigenvalue weighted by molar-refractivity contribution is 0.0951. The van der Waals surface area contributed by atoms with Crippen molar-refractivity contribution in [3.63, 3.8) is 0 Å². The molecule has 2 aliphatic rings. The number of nitrogens with zero attached hydrogens (tertiary/aromatic N) is 2. The summed E-state index contributed by atoms with van der Waals surface area (Å²) >= 11 is 0. The Bertz CT molecular complexity index is 809. The molecule has 0 aromatic heterocycles. The molecule has 2 unspecified atom stereocenters. The van der Waals surface area contributed by atoms with E-state index in [1.807, 2.05) is 13.0 Å². The summed E-state index contributed by atoms with van der Waals surface area (Å²) in [6.45, 7) is 7.18. The first-order valence-corrected chi connectivity index (χ1v) is 12.3. The highest BCUT2D eigenvalue weighted by molar-refractivity contribution is 7.92. The molecule has 7 heteroatoms. The fourth-order valence-corrected chi connectivity index (χ4v) is 5.75. The zero-order valence-electron chi connectivity index (χ0n) is 17.3. The highest BCUT2D eigenvalue weighted by Gasteiger charge is 2.32. The number of unbranched alkanes of at least 4 members (excludes halogenated alkanes) is 1. The molecule has 1 aromatic rings. The number of likely N-dealkylation sites (tertiary alicyclic amines) is 1. The molecular weight excluding hydrogens is 374 g/mol. The Morgan fingerprint density at radius 2 is 1.96 bits per heavy atom. The molecule has 0 radical (unpaired) electrons. The third-order valence-corrected chi connectivity index (χ3v) is 7.22. The highest BCUT2D eigenvalue weighted by atomic mass is 32.2. The number of fused-ring (bicyclic) bond motifs is 1. The smallest absolute Gasteiger partial charge is 0.251 e. The van der Waals surface area contributed by atoms with Crippen LogP contribution in [0.1, 0.15) is 61.9 Å². The number of piperidine rings is 1. The summed E-state index contributed by atoms with van der Waals surface area (Å²) in [6, 6.07) is 5.89. The Kier molecular flexibility index (Phi) is 6.65. The van der Waals surface area contributed by atoms with Crippen molar-refractivity contribution in [2.24, 2.45) is 0 Å². The van der Waals surface area contributed by atoms with Crippen molar-refractivity contribution in [1.82, 2.24) is 10.2 Å². The monoisotopic (exact) mass is 407 g/mol. The molecule has 1 saturated heterocycles. The van der Waals surface area contributed by atoms with Gasteiger partial charge in [-0.1, -0.05) is 6.42 Å². The van der Waals surface area contributed by atoms with Gasteiger partial charge >= 0.3 is 0 Å². The summed E-state index contributed by atoms with van der Waals surface area (Å²) in [4.78, 5) is 15.0. The number of carbonyl (C=O) groups is 1. The largest absolute Gasteiger partial charge is 0.352 e. The summed E-state index contributed by atoms with van der Waals surface area (Å²) in [7, 11) is -3.30. The fraction of sp³-hybridized carbons (Fsp3) is 0.667. The van der Waals surface area contributed by atoms with Gasteiger partial charge in [0.15, 0.2) is 0 Å². The number of hydrogen-bond donors (Lipinski definition) is 1. The van der Waals surface area contributed by atoms with Gasteiger partial charge in [-0.25, -0.2) is 8.42 Å². The van der Waals surface area contributed by atoms with Crippen LogP contribution < -0.4 is 9.62 Å². The molecule has 2 heterocycles. The van der Waals surface area contributed by atoms with Crippen LogP contribution in [0.5, 0.6) is 0 Å². The minimum Gasteiger partial charge on any atom is -0.352 e. The first-order valence-electron chi connectivity index (χ1n) is 10.4. The van der Waals surface area contributed by atoms with E-state index in [0.29, 0.717) is 30.3 Å². The SMILES string of the molecule is CC1CCCCN1CCCCNC(=O)c1ccc2c(c1)CC(C)N2S(C)(=O)=O. The summed E-state index contributed by atoms with van der Waals surface area (Å²) in [5.74, 6) is -0.0837. The molecule has 0 saturated carbocycles. The van der Waals surface area contributed by atoms with Crippen molar-refractivity contribution in [2.75, 3.05) is 30.2 Å². The van der Waals surface area contributed by atoms with E-state index in [2.05, 4.69) is 17.1 Å². The molecule has 6 nitrogen and oxygen atoms in total. The van der Waals surface area contributed by atoms with Gasteiger partial charge in [0.25, 0.3) is 5.91 Å². The van der Waals surface area contributed by atoms with Crippen LogP contribution in [-0.4, -0.2) is 57.2 Å². The summed E-state index contributed by atoms with van der Waals surface area (Å²) in [5.41, 5.74) is 2.22. The van der Waals surface area contributed by atoms with Gasteiger partial charge in [-0.2, -0.15) is 0 Å². The van der Waals surface area contributed by atoms with Gasteiger partial charge in [0.05, 0.1) is 11.9 Å². The summed E-state index contributed by atoms with van der Waals surface area (Å²) < 4.78 is 25.5. The van der Waals surface area contributed by atoms with Crippen LogP contribution in [0.15, 0.2) is 18.2 Å². The third-order valence-electron chi connectivity index (χ3n) is 5.95. The van der Waals surface area contributed by atoms with E-state index in [1.54, 1.807) is 12.1 Å². The zero-order valence-corrected chi connectivity index (χ0v) is 18.1. The molecule has 28 heavy (non-hydrogen) atoms. The van der Waals surface area contributed by atoms with Gasteiger partial charge in [0.2, 0.25) is 10.0 Å². The predicted molar refractivity (Wildman–Crippen MR) is 113 cm³/mol. The molecule has 0 aliphatic carbocycles. The van der Waals surface area contributed by atoms with Crippen molar-refractivity contribution in [1.29, 1.82) is 0 Å². The number of sulfonamides is 1. The molecule has 2 atom stereocenters. The van der Waals surface area contributed by atoms with Crippen LogP contribution in [0.2, 0.25) is 0 Å². The van der Waals surface area contributed by atoms with E-state index in [4.69, 9.17) is 0 Å². The second-order valence-corrected chi connectivity index (χ2v) is 10.2. The van der Waals surface area contributed by atoms with E-state index in [-0.39, 0.29) is 11.9 Å². The Balaban J connectivity index is 1.49. The molecule has 0 spiro atoms. The van der Waals surface area contributed by atoms with Crippen LogP contribution in [0.25, 0.3) is 0 Å². The lowest BCUT2D eigenvalue weighted by Gasteiger charge is -2.33. The van der Waals surface area contributed by atoms with Crippen LogP contribution >= 0.6 is 0 Å². The van der Waals surface area contributed by atoms with Gasteiger partial charge in [-0.3, -0.25) is 9.10 Å². The maximum absolute atomic E-state index is 12.5. The topological polar surface area (TPSA) is 69.7 Å². The molecular formula is C21H33N3O3S. The van der Waals surface area contributed by atoms with Gasteiger partial charge in [0, 0.05) is 24.2 Å². The van der Waals surface area contributed by atoms with Crippen LogP contribution in [0, 0.1) is 0 Å². The van der Waals surface area contributed by atoms with E-state index in [1.165, 1.54) is 36.4 Å². The van der Waals surface area contributed by atoms with E-state index in [9.17, 15) is 13.2 Å². The summed E-state index contributed by atoms with van der Waals surface area (Å²) in [6.07, 6.45) is 7.87. The fourth-order valence-electron chi connectivity index (χ4n) is 4.48. The predicted octanol–water partition coefficient (Wildman–Crippen LogP) is 2.78. The van der Waals surface area contributed by atoms with Crippen molar-refractivity contribution in [3.8, 4) is 0 Å². The molecule has 2 aliphatic heterocycles. The number of rotatable bonds is 7. The highest BCUT2D eigenvalue weighted by Crippen LogP contribution is 2.34. The second kappa shape index (κ2) is 8.82. The average Bonchev–Trinajstić information content (AvgIpc) is 2.97. The minimum absolute atomic E-state index is 0.0837. The second-order valence-electron chi connectivity index (χ2n) is 8.30. The number of anilines is 1. The first-order chi connectivity index (χ1) is 13.3. The number of benzene rings is 1. The zero-order chi connectivity index (χ0) is 20.3. The van der Waals surface area contributed by atoms with Crippen LogP contribution in [0.3, 0.4) is 0 Å². The van der Waals surface area contributed by atoms with E-state index in [0.717, 1.165) is 24.9 Å². The molecule has 1 aromatic carbocycles. The van der Waals surface area contributed by atoms with Gasteiger partial charge in [-0.05, 0) is 82.8 Å². The third kappa shape index (κ3) is 4.87. The van der Waals surface area contributed by atoms with Gasteiger partial charge in [-0.15, -0.1) is 0 Å². The molecule has 3 rings (SSSR count). The quantitative estimate of drug-likeness (QED) is 0.706. The van der Waals surface area contributed by atoms with E-state index < -0.39 is 10.0 Å². The molecule has 1 N–H and O–H groups in total. The molecule has 156 valence electrons. The van der Waals surface area contributed by atoms with Crippen molar-refractivity contribution in [2.45, 2.75) is 64.5 Å². The van der Waals surface area contributed by atoms with Crippen LogP contribution in [0.4, 0.5) is 5.69 Å². The molecule has 0 bridgehead atoms. The van der Waals surface area contributed by atoms with E-state index >= 15 is 0 Å². The van der Waals surface area contributed by atoms with Gasteiger partial charge in [0.1, 0.15) is 0 Å². The number of nitrogens with one attached hydrogen (secondary N) is 1. The lowest BCUT2D eigenvalue weighted by atomic mass is 10.0. The first kappa shape index (κ1) is 21.1. The Morgan fingerprint density at radius 1 is 1.18 bits per heavy atom. The minimum atomic E-state index is -3.30. The molecule has 1 fully saturated rings. The van der Waals surface area contributed by atoms with Crippen LogP contribution in [-0.2, 0) is 16.4 Å². The Hall–Kier alpha value is -1.60. The number of hydrogen-bond acceptors (Lipinski definition) is 4. The lowest BCUT2D eigenvalue weighted by Crippen LogP contribution is -2.38. The van der Waals surface area contributed by atoms with Crippen molar-refractivity contribution in [3.05, 3.63) is 29.3 Å². The normalized spacial score (nSPS) is 22.9. The van der Waals surface area contributed by atoms with Gasteiger partial charge < -0.3 is 10.2 Å². The Morgan fingerprint density at radius 3 is 2.68 bits per heavy atom. The number of carbonyl (C=O) groups excluding carboxylic acids is 1. The maximum Gasteiger partial charge on any atom is 0.251 e. The van der Waals surface area contributed by atoms with Crippen molar-refractivity contribution >= 4 is 21.6 Å². The average molecular weight is 408 g/mol. The summed E-state index contributed by atoms with van der Waals surface area (Å²) in [5, 5.41) is 3.00. The Labute approximate surface area is 169 Å². The molecule has 1 amide bonds. The maximum atomic E-state index is 12.5. The van der Waals surface area contributed by atoms with Crippen molar-refractivity contribution < 1.29 is 13.2 Å².